The monoisotopic (exact) mass is 240 g/mol. The lowest BCUT2D eigenvalue weighted by atomic mass is 9.88. The lowest BCUT2D eigenvalue weighted by Crippen LogP contribution is -2.38. The van der Waals surface area contributed by atoms with Crippen molar-refractivity contribution in [2.45, 2.75) is 5.54 Å². The van der Waals surface area contributed by atoms with Gasteiger partial charge < -0.3 is 5.32 Å². The summed E-state index contributed by atoms with van der Waals surface area (Å²) >= 11 is 0. The number of hydrogen-bond acceptors (Lipinski definition) is 2. The van der Waals surface area contributed by atoms with Crippen LogP contribution in [0.5, 0.6) is 0 Å². The molecular weight excluding hydrogens is 227 g/mol. The molecule has 0 aromatic heterocycles. The summed E-state index contributed by atoms with van der Waals surface area (Å²) in [5.74, 6) is -0.172. The SMILES string of the molecule is Fc1ccc2c(c1)C1(CNCN1)c1ccccc1-2. The van der Waals surface area contributed by atoms with Gasteiger partial charge in [-0.15, -0.1) is 0 Å². The van der Waals surface area contributed by atoms with E-state index in [0.29, 0.717) is 0 Å². The van der Waals surface area contributed by atoms with Gasteiger partial charge in [0, 0.05) is 13.2 Å². The molecule has 1 atom stereocenters. The molecule has 1 aliphatic heterocycles. The first-order chi connectivity index (χ1) is 8.81. The maximum Gasteiger partial charge on any atom is 0.123 e. The van der Waals surface area contributed by atoms with E-state index in [0.717, 1.165) is 24.3 Å². The highest BCUT2D eigenvalue weighted by atomic mass is 19.1. The molecule has 2 N–H and O–H groups in total. The van der Waals surface area contributed by atoms with E-state index in [1.165, 1.54) is 17.2 Å². The number of benzene rings is 2. The maximum atomic E-state index is 13.6. The maximum absolute atomic E-state index is 13.6. The van der Waals surface area contributed by atoms with Crippen molar-refractivity contribution < 1.29 is 4.39 Å². The molecule has 1 unspecified atom stereocenters. The second-order valence-electron chi connectivity index (χ2n) is 4.92. The molecule has 1 spiro atoms. The Morgan fingerprint density at radius 3 is 2.67 bits per heavy atom. The van der Waals surface area contributed by atoms with E-state index in [4.69, 9.17) is 0 Å². The molecule has 0 radical (unpaired) electrons. The summed E-state index contributed by atoms with van der Waals surface area (Å²) < 4.78 is 13.6. The number of rotatable bonds is 0. The molecule has 1 heterocycles. The van der Waals surface area contributed by atoms with Gasteiger partial charge in [-0.3, -0.25) is 5.32 Å². The van der Waals surface area contributed by atoms with Crippen LogP contribution in [0.3, 0.4) is 0 Å². The van der Waals surface area contributed by atoms with Crippen LogP contribution in [0.1, 0.15) is 11.1 Å². The van der Waals surface area contributed by atoms with Crippen molar-refractivity contribution in [3.63, 3.8) is 0 Å². The number of fused-ring (bicyclic) bond motifs is 5. The molecule has 0 bridgehead atoms. The van der Waals surface area contributed by atoms with Crippen molar-refractivity contribution in [2.75, 3.05) is 13.2 Å². The third kappa shape index (κ3) is 1.13. The van der Waals surface area contributed by atoms with E-state index >= 15 is 0 Å². The fraction of sp³-hybridized carbons (Fsp3) is 0.200. The van der Waals surface area contributed by atoms with Crippen LogP contribution in [0, 0.1) is 5.82 Å². The first-order valence-corrected chi connectivity index (χ1v) is 6.17. The predicted octanol–water partition coefficient (Wildman–Crippen LogP) is 2.20. The van der Waals surface area contributed by atoms with Gasteiger partial charge in [-0.1, -0.05) is 30.3 Å². The van der Waals surface area contributed by atoms with E-state index in [1.54, 1.807) is 6.07 Å². The first-order valence-electron chi connectivity index (χ1n) is 6.17. The van der Waals surface area contributed by atoms with E-state index in [-0.39, 0.29) is 11.4 Å². The van der Waals surface area contributed by atoms with Gasteiger partial charge in [-0.25, -0.2) is 4.39 Å². The normalized spacial score (nSPS) is 24.3. The summed E-state index contributed by atoms with van der Waals surface area (Å²) in [6.45, 7) is 1.56. The molecule has 1 saturated heterocycles. The molecule has 18 heavy (non-hydrogen) atoms. The van der Waals surface area contributed by atoms with Gasteiger partial charge in [0.2, 0.25) is 0 Å². The standard InChI is InChI=1S/C15H13FN2/c16-10-5-6-12-11-3-1-2-4-13(11)15(14(12)7-10)8-17-9-18-15/h1-7,17-18H,8-9H2. The summed E-state index contributed by atoms with van der Waals surface area (Å²) in [6.07, 6.45) is 0. The Morgan fingerprint density at radius 2 is 1.83 bits per heavy atom. The fourth-order valence-corrected chi connectivity index (χ4v) is 3.25. The lowest BCUT2D eigenvalue weighted by molar-refractivity contribution is 0.511. The van der Waals surface area contributed by atoms with Crippen LogP contribution in [0.25, 0.3) is 11.1 Å². The number of hydrogen-bond donors (Lipinski definition) is 2. The highest BCUT2D eigenvalue weighted by molar-refractivity contribution is 5.81. The van der Waals surface area contributed by atoms with E-state index in [1.807, 2.05) is 18.2 Å². The molecule has 2 aromatic rings. The average Bonchev–Trinajstić information content (AvgIpc) is 2.98. The van der Waals surface area contributed by atoms with Crippen LogP contribution < -0.4 is 10.6 Å². The molecule has 0 amide bonds. The minimum absolute atomic E-state index is 0.172. The zero-order chi connectivity index (χ0) is 12.2. The van der Waals surface area contributed by atoms with Crippen molar-refractivity contribution in [2.24, 2.45) is 0 Å². The molecule has 3 heteroatoms. The quantitative estimate of drug-likeness (QED) is 0.737. The molecular formula is C15H13FN2. The Morgan fingerprint density at radius 1 is 1.00 bits per heavy atom. The van der Waals surface area contributed by atoms with Crippen molar-refractivity contribution >= 4 is 0 Å². The molecule has 2 aromatic carbocycles. The second-order valence-corrected chi connectivity index (χ2v) is 4.92. The Bertz CT molecular complexity index is 630. The van der Waals surface area contributed by atoms with Crippen LogP contribution in [0.2, 0.25) is 0 Å². The molecule has 1 aliphatic carbocycles. The fourth-order valence-electron chi connectivity index (χ4n) is 3.25. The first kappa shape index (κ1) is 10.2. The summed E-state index contributed by atoms with van der Waals surface area (Å²) in [5.41, 5.74) is 4.39. The van der Waals surface area contributed by atoms with Crippen LogP contribution in [0.4, 0.5) is 4.39 Å². The third-order valence-electron chi connectivity index (χ3n) is 4.02. The van der Waals surface area contributed by atoms with Gasteiger partial charge in [-0.2, -0.15) is 0 Å². The van der Waals surface area contributed by atoms with Crippen LogP contribution in [-0.4, -0.2) is 13.2 Å². The Labute approximate surface area is 105 Å². The van der Waals surface area contributed by atoms with Crippen molar-refractivity contribution in [1.29, 1.82) is 0 Å². The molecule has 4 rings (SSSR count). The largest absolute Gasteiger partial charge is 0.302 e. The average molecular weight is 240 g/mol. The van der Waals surface area contributed by atoms with Gasteiger partial charge in [0.1, 0.15) is 5.82 Å². The number of halogens is 1. The van der Waals surface area contributed by atoms with Crippen molar-refractivity contribution in [1.82, 2.24) is 10.6 Å². The van der Waals surface area contributed by atoms with E-state index in [2.05, 4.69) is 22.8 Å². The molecule has 1 fully saturated rings. The zero-order valence-corrected chi connectivity index (χ0v) is 9.83. The van der Waals surface area contributed by atoms with Crippen LogP contribution in [0.15, 0.2) is 42.5 Å². The molecule has 2 nitrogen and oxygen atoms in total. The number of nitrogens with one attached hydrogen (secondary N) is 2. The molecule has 0 saturated carbocycles. The lowest BCUT2D eigenvalue weighted by Gasteiger charge is -2.26. The summed E-state index contributed by atoms with van der Waals surface area (Å²) in [7, 11) is 0. The second kappa shape index (κ2) is 3.40. The Hall–Kier alpha value is -1.71. The van der Waals surface area contributed by atoms with Gasteiger partial charge in [0.15, 0.2) is 0 Å². The molecule has 2 aliphatic rings. The van der Waals surface area contributed by atoms with E-state index < -0.39 is 0 Å². The summed E-state index contributed by atoms with van der Waals surface area (Å²) in [5, 5.41) is 6.82. The van der Waals surface area contributed by atoms with Crippen LogP contribution >= 0.6 is 0 Å². The van der Waals surface area contributed by atoms with Gasteiger partial charge in [0.25, 0.3) is 0 Å². The Balaban J connectivity index is 2.08. The van der Waals surface area contributed by atoms with Gasteiger partial charge in [0.05, 0.1) is 5.54 Å². The minimum Gasteiger partial charge on any atom is -0.302 e. The van der Waals surface area contributed by atoms with Crippen molar-refractivity contribution in [3.05, 3.63) is 59.4 Å². The topological polar surface area (TPSA) is 24.1 Å². The van der Waals surface area contributed by atoms with Crippen molar-refractivity contribution in [3.8, 4) is 11.1 Å². The van der Waals surface area contributed by atoms with Gasteiger partial charge >= 0.3 is 0 Å². The smallest absolute Gasteiger partial charge is 0.123 e. The highest BCUT2D eigenvalue weighted by Crippen LogP contribution is 2.48. The zero-order valence-electron chi connectivity index (χ0n) is 9.83. The highest BCUT2D eigenvalue weighted by Gasteiger charge is 2.45. The van der Waals surface area contributed by atoms with E-state index in [9.17, 15) is 4.39 Å². The minimum atomic E-state index is -0.256. The summed E-state index contributed by atoms with van der Waals surface area (Å²) in [4.78, 5) is 0. The summed E-state index contributed by atoms with van der Waals surface area (Å²) in [6, 6.07) is 13.4. The predicted molar refractivity (Wildman–Crippen MR) is 68.6 cm³/mol. The Kier molecular flexibility index (Phi) is 1.93. The van der Waals surface area contributed by atoms with Gasteiger partial charge in [-0.05, 0) is 34.4 Å². The van der Waals surface area contributed by atoms with Crippen LogP contribution in [-0.2, 0) is 5.54 Å². The third-order valence-corrected chi connectivity index (χ3v) is 4.02. The molecule has 90 valence electrons.